The molecule has 0 aliphatic heterocycles. The first kappa shape index (κ1) is 12.3. The zero-order chi connectivity index (χ0) is 13.2. The van der Waals surface area contributed by atoms with E-state index in [9.17, 15) is 13.2 Å². The minimum absolute atomic E-state index is 0.352. The average molecular weight is 254 g/mol. The lowest BCUT2D eigenvalue weighted by atomic mass is 10.1. The molecule has 94 valence electrons. The van der Waals surface area contributed by atoms with Crippen molar-refractivity contribution in [3.8, 4) is 17.1 Å². The maximum absolute atomic E-state index is 12.4. The number of methoxy groups -OCH3 is 1. The molecular weight excluding hydrogens is 245 g/mol. The monoisotopic (exact) mass is 254 g/mol. The molecule has 0 aliphatic rings. The number of benzene rings is 1. The number of hydrogen-bond donors (Lipinski definition) is 0. The Bertz CT molecular complexity index is 521. The Hall–Kier alpha value is -2.11. The smallest absolute Gasteiger partial charge is 0.416 e. The van der Waals surface area contributed by atoms with Gasteiger partial charge in [-0.2, -0.15) is 13.2 Å². The minimum Gasteiger partial charge on any atom is -0.480 e. The van der Waals surface area contributed by atoms with Gasteiger partial charge >= 0.3 is 6.18 Å². The zero-order valence-corrected chi connectivity index (χ0v) is 9.40. The molecule has 0 atom stereocenters. The lowest BCUT2D eigenvalue weighted by Gasteiger charge is -2.07. The quantitative estimate of drug-likeness (QED) is 0.825. The number of halogens is 3. The van der Waals surface area contributed by atoms with Crippen molar-refractivity contribution in [2.45, 2.75) is 6.18 Å². The molecule has 0 spiro atoms. The summed E-state index contributed by atoms with van der Waals surface area (Å²) < 4.78 is 42.0. The molecule has 0 aliphatic carbocycles. The van der Waals surface area contributed by atoms with E-state index in [4.69, 9.17) is 4.74 Å². The second kappa shape index (κ2) is 4.64. The van der Waals surface area contributed by atoms with E-state index in [2.05, 4.69) is 9.97 Å². The Morgan fingerprint density at radius 3 is 2.11 bits per heavy atom. The van der Waals surface area contributed by atoms with Gasteiger partial charge in [0.1, 0.15) is 0 Å². The summed E-state index contributed by atoms with van der Waals surface area (Å²) in [5.74, 6) is 0.352. The lowest BCUT2D eigenvalue weighted by Crippen LogP contribution is -2.04. The van der Waals surface area contributed by atoms with Crippen molar-refractivity contribution in [1.82, 2.24) is 9.97 Å². The van der Waals surface area contributed by atoms with E-state index >= 15 is 0 Å². The number of ether oxygens (including phenoxy) is 1. The first-order valence-corrected chi connectivity index (χ1v) is 5.04. The highest BCUT2D eigenvalue weighted by Crippen LogP contribution is 2.30. The second-order valence-corrected chi connectivity index (χ2v) is 3.52. The summed E-state index contributed by atoms with van der Waals surface area (Å²) in [6, 6.07) is 4.75. The van der Waals surface area contributed by atoms with Gasteiger partial charge in [-0.15, -0.1) is 0 Å². The molecule has 0 unspecified atom stereocenters. The number of alkyl halides is 3. The van der Waals surface area contributed by atoms with E-state index < -0.39 is 11.7 Å². The maximum atomic E-state index is 12.4. The Morgan fingerprint density at radius 1 is 1.00 bits per heavy atom. The Morgan fingerprint density at radius 2 is 1.67 bits per heavy atom. The molecule has 0 amide bonds. The van der Waals surface area contributed by atoms with Crippen LogP contribution in [0.1, 0.15) is 5.56 Å². The Kier molecular flexibility index (Phi) is 3.18. The van der Waals surface area contributed by atoms with E-state index in [0.717, 1.165) is 12.1 Å². The predicted molar refractivity (Wildman–Crippen MR) is 59.0 cm³/mol. The maximum Gasteiger partial charge on any atom is 0.416 e. The number of rotatable bonds is 2. The highest BCUT2D eigenvalue weighted by atomic mass is 19.4. The summed E-state index contributed by atoms with van der Waals surface area (Å²) >= 11 is 0. The number of aromatic nitrogens is 2. The van der Waals surface area contributed by atoms with Crippen LogP contribution in [0.25, 0.3) is 11.3 Å². The molecule has 0 bridgehead atoms. The van der Waals surface area contributed by atoms with Crippen LogP contribution in [-0.4, -0.2) is 17.1 Å². The largest absolute Gasteiger partial charge is 0.480 e. The Labute approximate surface area is 101 Å². The van der Waals surface area contributed by atoms with Crippen LogP contribution in [0, 0.1) is 0 Å². The average Bonchev–Trinajstić information content (AvgIpc) is 2.38. The van der Waals surface area contributed by atoms with Gasteiger partial charge in [-0.1, -0.05) is 12.1 Å². The standard InChI is InChI=1S/C12H9F3N2O/c1-18-11-7-16-10(6-17-11)8-2-4-9(5-3-8)12(13,14)15/h2-7H,1H3. The molecule has 2 rings (SSSR count). The fraction of sp³-hybridized carbons (Fsp3) is 0.167. The fourth-order valence-electron chi connectivity index (χ4n) is 1.40. The molecular formula is C12H9F3N2O. The molecule has 0 saturated heterocycles. The number of hydrogen-bond acceptors (Lipinski definition) is 3. The topological polar surface area (TPSA) is 35.0 Å². The summed E-state index contributed by atoms with van der Waals surface area (Å²) in [7, 11) is 1.46. The molecule has 0 radical (unpaired) electrons. The summed E-state index contributed by atoms with van der Waals surface area (Å²) in [5, 5.41) is 0. The fourth-order valence-corrected chi connectivity index (χ4v) is 1.40. The van der Waals surface area contributed by atoms with Crippen LogP contribution in [-0.2, 0) is 6.18 Å². The first-order chi connectivity index (χ1) is 8.50. The van der Waals surface area contributed by atoms with Gasteiger partial charge < -0.3 is 4.74 Å². The van der Waals surface area contributed by atoms with Gasteiger partial charge in [0.15, 0.2) is 0 Å². The van der Waals surface area contributed by atoms with Crippen LogP contribution in [0.3, 0.4) is 0 Å². The van der Waals surface area contributed by atoms with Crippen LogP contribution in [0.2, 0.25) is 0 Å². The third-order valence-electron chi connectivity index (χ3n) is 2.35. The number of nitrogens with zero attached hydrogens (tertiary/aromatic N) is 2. The normalized spacial score (nSPS) is 11.3. The van der Waals surface area contributed by atoms with Crippen LogP contribution < -0.4 is 4.74 Å². The summed E-state index contributed by atoms with van der Waals surface area (Å²) in [6.07, 6.45) is -1.47. The van der Waals surface area contributed by atoms with Gasteiger partial charge in [0.2, 0.25) is 5.88 Å². The van der Waals surface area contributed by atoms with Crippen molar-refractivity contribution in [2.75, 3.05) is 7.11 Å². The van der Waals surface area contributed by atoms with Crippen LogP contribution in [0.4, 0.5) is 13.2 Å². The SMILES string of the molecule is COc1cnc(-c2ccc(C(F)(F)F)cc2)cn1. The van der Waals surface area contributed by atoms with E-state index in [-0.39, 0.29) is 0 Å². The van der Waals surface area contributed by atoms with E-state index in [1.165, 1.54) is 31.6 Å². The highest BCUT2D eigenvalue weighted by molar-refractivity contribution is 5.58. The van der Waals surface area contributed by atoms with E-state index in [1.54, 1.807) is 0 Å². The molecule has 0 saturated carbocycles. The van der Waals surface area contributed by atoms with Gasteiger partial charge in [0, 0.05) is 5.56 Å². The van der Waals surface area contributed by atoms with E-state index in [0.29, 0.717) is 17.1 Å². The van der Waals surface area contributed by atoms with Crippen LogP contribution >= 0.6 is 0 Å². The zero-order valence-electron chi connectivity index (χ0n) is 9.40. The van der Waals surface area contributed by atoms with Crippen LogP contribution in [0.5, 0.6) is 5.88 Å². The van der Waals surface area contributed by atoms with Crippen molar-refractivity contribution in [1.29, 1.82) is 0 Å². The molecule has 18 heavy (non-hydrogen) atoms. The minimum atomic E-state index is -4.33. The second-order valence-electron chi connectivity index (χ2n) is 3.52. The van der Waals surface area contributed by atoms with Gasteiger partial charge in [0.05, 0.1) is 30.8 Å². The summed E-state index contributed by atoms with van der Waals surface area (Å²) in [4.78, 5) is 7.98. The van der Waals surface area contributed by atoms with Gasteiger partial charge in [-0.25, -0.2) is 9.97 Å². The van der Waals surface area contributed by atoms with Crippen molar-refractivity contribution in [3.63, 3.8) is 0 Å². The van der Waals surface area contributed by atoms with Gasteiger partial charge in [0.25, 0.3) is 0 Å². The Balaban J connectivity index is 2.28. The summed E-state index contributed by atoms with van der Waals surface area (Å²) in [6.45, 7) is 0. The van der Waals surface area contributed by atoms with Gasteiger partial charge in [-0.05, 0) is 12.1 Å². The lowest BCUT2D eigenvalue weighted by molar-refractivity contribution is -0.137. The molecule has 2 aromatic rings. The molecule has 0 fully saturated rings. The molecule has 3 nitrogen and oxygen atoms in total. The predicted octanol–water partition coefficient (Wildman–Crippen LogP) is 3.17. The van der Waals surface area contributed by atoms with E-state index in [1.807, 2.05) is 0 Å². The molecule has 1 aromatic carbocycles. The van der Waals surface area contributed by atoms with Crippen molar-refractivity contribution < 1.29 is 17.9 Å². The van der Waals surface area contributed by atoms with Crippen molar-refractivity contribution in [3.05, 3.63) is 42.2 Å². The van der Waals surface area contributed by atoms with Crippen molar-refractivity contribution in [2.24, 2.45) is 0 Å². The van der Waals surface area contributed by atoms with Crippen molar-refractivity contribution >= 4 is 0 Å². The highest BCUT2D eigenvalue weighted by Gasteiger charge is 2.29. The molecule has 6 heteroatoms. The molecule has 0 N–H and O–H groups in total. The first-order valence-electron chi connectivity index (χ1n) is 5.04. The third kappa shape index (κ3) is 2.58. The molecule has 1 aromatic heterocycles. The van der Waals surface area contributed by atoms with Crippen LogP contribution in [0.15, 0.2) is 36.7 Å². The van der Waals surface area contributed by atoms with Gasteiger partial charge in [-0.3, -0.25) is 0 Å². The summed E-state index contributed by atoms with van der Waals surface area (Å²) in [5.41, 5.74) is 0.371. The third-order valence-corrected chi connectivity index (χ3v) is 2.35. The molecule has 1 heterocycles.